The van der Waals surface area contributed by atoms with Gasteiger partial charge < -0.3 is 22.1 Å². The van der Waals surface area contributed by atoms with Gasteiger partial charge in [0.25, 0.3) is 5.91 Å². The van der Waals surface area contributed by atoms with Crippen LogP contribution in [0.1, 0.15) is 24.2 Å². The van der Waals surface area contributed by atoms with Crippen LogP contribution in [0.3, 0.4) is 0 Å². The number of carbonyl (C=O) groups excluding carboxylic acids is 2. The lowest BCUT2D eigenvalue weighted by Crippen LogP contribution is -2.38. The zero-order valence-electron chi connectivity index (χ0n) is 10.4. The predicted molar refractivity (Wildman–Crippen MR) is 68.9 cm³/mol. The fraction of sp³-hybridized carbons (Fsp3) is 0.364. The third-order valence-corrected chi connectivity index (χ3v) is 2.27. The van der Waals surface area contributed by atoms with Crippen LogP contribution in [0.15, 0.2) is 12.3 Å². The van der Waals surface area contributed by atoms with Gasteiger partial charge in [0, 0.05) is 6.54 Å². The first-order chi connectivity index (χ1) is 8.45. The Balaban J connectivity index is 2.90. The molecule has 6 N–H and O–H groups in total. The van der Waals surface area contributed by atoms with Gasteiger partial charge in [-0.05, 0) is 19.9 Å². The number of nitrogens with one attached hydrogen (secondary N) is 2. The molecule has 0 saturated carbocycles. The number of likely N-dealkylation sites (N-methyl/N-ethyl adjacent to an activating group) is 1. The van der Waals surface area contributed by atoms with Gasteiger partial charge >= 0.3 is 0 Å². The Hall–Kier alpha value is -2.31. The molecule has 0 aliphatic heterocycles. The average Bonchev–Trinajstić information content (AvgIpc) is 2.31. The molecule has 0 spiro atoms. The number of amides is 2. The van der Waals surface area contributed by atoms with Crippen LogP contribution in [0.5, 0.6) is 0 Å². The number of nitrogens with zero attached hydrogens (tertiary/aromatic N) is 1. The lowest BCUT2D eigenvalue weighted by Gasteiger charge is -2.15. The number of carbonyl (C=O) groups is 2. The molecular formula is C11H17N5O2. The lowest BCUT2D eigenvalue weighted by molar-refractivity contribution is -0.121. The Morgan fingerprint density at radius 1 is 1.50 bits per heavy atom. The first kappa shape index (κ1) is 13.8. The summed E-state index contributed by atoms with van der Waals surface area (Å²) in [5.74, 6) is -0.595. The standard InChI is InChI=1S/C11H17N5O2/c1-3-14-11(18)6(2)16-10-8(9(13)17)4-7(12)5-15-10/h4-6H,3,12H2,1-2H3,(H2,13,17)(H,14,18)(H,15,16). The molecule has 0 bridgehead atoms. The summed E-state index contributed by atoms with van der Waals surface area (Å²) in [7, 11) is 0. The van der Waals surface area contributed by atoms with Crippen molar-refractivity contribution in [2.45, 2.75) is 19.9 Å². The third-order valence-electron chi connectivity index (χ3n) is 2.27. The molecule has 0 aliphatic carbocycles. The first-order valence-electron chi connectivity index (χ1n) is 5.55. The largest absolute Gasteiger partial charge is 0.397 e. The topological polar surface area (TPSA) is 123 Å². The zero-order valence-corrected chi connectivity index (χ0v) is 10.4. The van der Waals surface area contributed by atoms with Gasteiger partial charge in [-0.15, -0.1) is 0 Å². The molecule has 2 amide bonds. The van der Waals surface area contributed by atoms with Crippen LogP contribution in [0.25, 0.3) is 0 Å². The van der Waals surface area contributed by atoms with Gasteiger partial charge in [-0.3, -0.25) is 9.59 Å². The summed E-state index contributed by atoms with van der Waals surface area (Å²) in [6, 6.07) is 0.890. The minimum atomic E-state index is -0.652. The van der Waals surface area contributed by atoms with Crippen molar-refractivity contribution in [2.75, 3.05) is 17.6 Å². The van der Waals surface area contributed by atoms with Gasteiger partial charge in [0.05, 0.1) is 17.4 Å². The van der Waals surface area contributed by atoms with Crippen molar-refractivity contribution in [2.24, 2.45) is 5.73 Å². The maximum absolute atomic E-state index is 11.6. The van der Waals surface area contributed by atoms with Crippen LogP contribution in [-0.4, -0.2) is 29.4 Å². The minimum Gasteiger partial charge on any atom is -0.397 e. The molecule has 0 fully saturated rings. The molecule has 1 aromatic rings. The molecule has 1 unspecified atom stereocenters. The van der Waals surface area contributed by atoms with Crippen molar-refractivity contribution < 1.29 is 9.59 Å². The molecule has 7 heteroatoms. The highest BCUT2D eigenvalue weighted by molar-refractivity contribution is 5.99. The number of nitrogens with two attached hydrogens (primary N) is 2. The summed E-state index contributed by atoms with van der Waals surface area (Å²) in [4.78, 5) is 26.8. The number of aromatic nitrogens is 1. The zero-order chi connectivity index (χ0) is 13.7. The minimum absolute atomic E-state index is 0.158. The highest BCUT2D eigenvalue weighted by Crippen LogP contribution is 2.15. The Morgan fingerprint density at radius 2 is 2.17 bits per heavy atom. The smallest absolute Gasteiger partial charge is 0.252 e. The fourth-order valence-corrected chi connectivity index (χ4v) is 1.38. The molecule has 1 heterocycles. The average molecular weight is 251 g/mol. The van der Waals surface area contributed by atoms with E-state index in [-0.39, 0.29) is 17.3 Å². The quantitative estimate of drug-likeness (QED) is 0.572. The predicted octanol–water partition coefficient (Wildman–Crippen LogP) is -0.301. The number of primary amides is 1. The normalized spacial score (nSPS) is 11.7. The summed E-state index contributed by atoms with van der Waals surface area (Å²) < 4.78 is 0. The van der Waals surface area contributed by atoms with E-state index >= 15 is 0 Å². The molecule has 0 aliphatic rings. The molecule has 0 aromatic carbocycles. The molecule has 1 rings (SSSR count). The van der Waals surface area contributed by atoms with Crippen LogP contribution in [0.2, 0.25) is 0 Å². The molecular weight excluding hydrogens is 234 g/mol. The van der Waals surface area contributed by atoms with Gasteiger partial charge in [0.1, 0.15) is 11.9 Å². The van der Waals surface area contributed by atoms with Gasteiger partial charge in [-0.1, -0.05) is 0 Å². The van der Waals surface area contributed by atoms with E-state index in [1.807, 2.05) is 6.92 Å². The number of hydrogen-bond acceptors (Lipinski definition) is 5. The maximum Gasteiger partial charge on any atom is 0.252 e. The van der Waals surface area contributed by atoms with Gasteiger partial charge in [0.2, 0.25) is 5.91 Å². The summed E-state index contributed by atoms with van der Waals surface area (Å²) in [6.45, 7) is 4.01. The first-order valence-corrected chi connectivity index (χ1v) is 5.55. The summed E-state index contributed by atoms with van der Waals surface area (Å²) >= 11 is 0. The van der Waals surface area contributed by atoms with E-state index in [0.29, 0.717) is 12.2 Å². The Morgan fingerprint density at radius 3 is 2.72 bits per heavy atom. The number of anilines is 2. The molecule has 98 valence electrons. The molecule has 0 radical (unpaired) electrons. The van der Waals surface area contributed by atoms with E-state index in [1.165, 1.54) is 12.3 Å². The van der Waals surface area contributed by atoms with E-state index in [2.05, 4.69) is 15.6 Å². The third kappa shape index (κ3) is 3.34. The van der Waals surface area contributed by atoms with Crippen LogP contribution >= 0.6 is 0 Å². The lowest BCUT2D eigenvalue weighted by atomic mass is 10.2. The van der Waals surface area contributed by atoms with Crippen molar-refractivity contribution >= 4 is 23.3 Å². The molecule has 7 nitrogen and oxygen atoms in total. The van der Waals surface area contributed by atoms with Gasteiger partial charge in [0.15, 0.2) is 0 Å². The van der Waals surface area contributed by atoms with Crippen LogP contribution in [0, 0.1) is 0 Å². The molecule has 0 saturated heterocycles. The maximum atomic E-state index is 11.6. The summed E-state index contributed by atoms with van der Waals surface area (Å²) in [5, 5.41) is 5.48. The SMILES string of the molecule is CCNC(=O)C(C)Nc1ncc(N)cc1C(N)=O. The van der Waals surface area contributed by atoms with Crippen LogP contribution < -0.4 is 22.1 Å². The van der Waals surface area contributed by atoms with Crippen molar-refractivity contribution in [3.8, 4) is 0 Å². The van der Waals surface area contributed by atoms with E-state index in [0.717, 1.165) is 0 Å². The second kappa shape index (κ2) is 5.85. The van der Waals surface area contributed by atoms with Crippen molar-refractivity contribution in [3.05, 3.63) is 17.8 Å². The number of nitrogen functional groups attached to an aromatic ring is 1. The Kier molecular flexibility index (Phi) is 4.47. The van der Waals surface area contributed by atoms with Crippen molar-refractivity contribution in [1.29, 1.82) is 0 Å². The van der Waals surface area contributed by atoms with E-state index in [4.69, 9.17) is 11.5 Å². The van der Waals surface area contributed by atoms with Crippen molar-refractivity contribution in [3.63, 3.8) is 0 Å². The number of rotatable bonds is 5. The summed E-state index contributed by atoms with van der Waals surface area (Å²) in [6.07, 6.45) is 1.39. The summed E-state index contributed by atoms with van der Waals surface area (Å²) in [5.41, 5.74) is 11.2. The van der Waals surface area contributed by atoms with E-state index in [9.17, 15) is 9.59 Å². The molecule has 18 heavy (non-hydrogen) atoms. The molecule has 1 atom stereocenters. The van der Waals surface area contributed by atoms with Gasteiger partial charge in [-0.25, -0.2) is 4.98 Å². The van der Waals surface area contributed by atoms with E-state index < -0.39 is 11.9 Å². The highest BCUT2D eigenvalue weighted by Gasteiger charge is 2.16. The fourth-order valence-electron chi connectivity index (χ4n) is 1.38. The second-order valence-corrected chi connectivity index (χ2v) is 3.79. The monoisotopic (exact) mass is 251 g/mol. The number of hydrogen-bond donors (Lipinski definition) is 4. The van der Waals surface area contributed by atoms with Crippen molar-refractivity contribution in [1.82, 2.24) is 10.3 Å². The Labute approximate surface area is 105 Å². The van der Waals surface area contributed by atoms with Crippen LogP contribution in [-0.2, 0) is 4.79 Å². The van der Waals surface area contributed by atoms with Crippen LogP contribution in [0.4, 0.5) is 11.5 Å². The Bertz CT molecular complexity index is 461. The second-order valence-electron chi connectivity index (χ2n) is 3.79. The molecule has 1 aromatic heterocycles. The number of pyridine rings is 1. The van der Waals surface area contributed by atoms with E-state index in [1.54, 1.807) is 6.92 Å². The highest BCUT2D eigenvalue weighted by atomic mass is 16.2. The van der Waals surface area contributed by atoms with Gasteiger partial charge in [-0.2, -0.15) is 0 Å².